The highest BCUT2D eigenvalue weighted by atomic mass is 32.2. The zero-order chi connectivity index (χ0) is 10.3. The van der Waals surface area contributed by atoms with Gasteiger partial charge in [-0.05, 0) is 12.8 Å². The van der Waals surface area contributed by atoms with E-state index in [2.05, 4.69) is 6.92 Å². The van der Waals surface area contributed by atoms with Crippen LogP contribution < -0.4 is 5.73 Å². The highest BCUT2D eigenvalue weighted by molar-refractivity contribution is 7.92. The summed E-state index contributed by atoms with van der Waals surface area (Å²) in [6.07, 6.45) is 3.44. The highest BCUT2D eigenvalue weighted by Gasteiger charge is 2.21. The van der Waals surface area contributed by atoms with Crippen LogP contribution in [0.25, 0.3) is 0 Å². The molecule has 0 spiro atoms. The van der Waals surface area contributed by atoms with Gasteiger partial charge in [0, 0.05) is 6.54 Å². The van der Waals surface area contributed by atoms with Crippen molar-refractivity contribution in [2.24, 2.45) is 5.73 Å². The Morgan fingerprint density at radius 1 is 1.23 bits per heavy atom. The molecule has 3 nitrogen and oxygen atoms in total. The van der Waals surface area contributed by atoms with Crippen LogP contribution in [-0.4, -0.2) is 26.0 Å². The molecule has 1 unspecified atom stereocenters. The van der Waals surface area contributed by atoms with Crippen molar-refractivity contribution < 1.29 is 8.42 Å². The molecule has 0 aliphatic rings. The average Bonchev–Trinajstić information content (AvgIpc) is 2.06. The third-order valence-electron chi connectivity index (χ3n) is 2.26. The molecular weight excluding hydrogens is 186 g/mol. The first kappa shape index (κ1) is 12.9. The summed E-state index contributed by atoms with van der Waals surface area (Å²) < 4.78 is 23.2. The molecule has 13 heavy (non-hydrogen) atoms. The van der Waals surface area contributed by atoms with E-state index < -0.39 is 9.84 Å². The SMILES string of the molecule is CCCCCS(=O)(=O)C(CC)CN. The van der Waals surface area contributed by atoms with E-state index in [1.807, 2.05) is 6.92 Å². The van der Waals surface area contributed by atoms with E-state index in [0.29, 0.717) is 12.2 Å². The lowest BCUT2D eigenvalue weighted by Gasteiger charge is -2.12. The summed E-state index contributed by atoms with van der Waals surface area (Å²) in [5.74, 6) is 0.302. The highest BCUT2D eigenvalue weighted by Crippen LogP contribution is 2.08. The Balaban J connectivity index is 4.05. The number of hydrogen-bond donors (Lipinski definition) is 1. The second kappa shape index (κ2) is 6.38. The van der Waals surface area contributed by atoms with E-state index in [1.165, 1.54) is 0 Å². The van der Waals surface area contributed by atoms with Gasteiger partial charge in [-0.25, -0.2) is 8.42 Å². The maximum Gasteiger partial charge on any atom is 0.154 e. The monoisotopic (exact) mass is 207 g/mol. The normalized spacial score (nSPS) is 14.4. The third kappa shape index (κ3) is 4.62. The lowest BCUT2D eigenvalue weighted by molar-refractivity contribution is 0.571. The van der Waals surface area contributed by atoms with Gasteiger partial charge in [0.1, 0.15) is 0 Å². The molecule has 0 aromatic carbocycles. The first-order chi connectivity index (χ1) is 6.08. The second-order valence-electron chi connectivity index (χ2n) is 3.34. The molecule has 0 saturated carbocycles. The lowest BCUT2D eigenvalue weighted by atomic mass is 10.3. The van der Waals surface area contributed by atoms with Crippen LogP contribution in [0.2, 0.25) is 0 Å². The van der Waals surface area contributed by atoms with Crippen molar-refractivity contribution in [1.29, 1.82) is 0 Å². The summed E-state index contributed by atoms with van der Waals surface area (Å²) >= 11 is 0. The predicted octanol–water partition coefficient (Wildman–Crippen LogP) is 1.33. The predicted molar refractivity (Wildman–Crippen MR) is 56.4 cm³/mol. The van der Waals surface area contributed by atoms with Crippen molar-refractivity contribution in [2.45, 2.75) is 44.8 Å². The molecule has 0 aromatic rings. The Hall–Kier alpha value is -0.0900. The minimum absolute atomic E-state index is 0.255. The summed E-state index contributed by atoms with van der Waals surface area (Å²) in [5.41, 5.74) is 5.39. The fourth-order valence-corrected chi connectivity index (χ4v) is 3.03. The van der Waals surface area contributed by atoms with Crippen LogP contribution in [0.15, 0.2) is 0 Å². The number of hydrogen-bond acceptors (Lipinski definition) is 3. The van der Waals surface area contributed by atoms with Crippen LogP contribution >= 0.6 is 0 Å². The molecule has 1 atom stereocenters. The van der Waals surface area contributed by atoms with Gasteiger partial charge in [0.2, 0.25) is 0 Å². The molecule has 0 fully saturated rings. The molecule has 0 amide bonds. The third-order valence-corrected chi connectivity index (χ3v) is 4.66. The molecule has 2 N–H and O–H groups in total. The maximum absolute atomic E-state index is 11.6. The smallest absolute Gasteiger partial charge is 0.154 e. The van der Waals surface area contributed by atoms with Gasteiger partial charge in [0.25, 0.3) is 0 Å². The summed E-state index contributed by atoms with van der Waals surface area (Å²) in [6.45, 7) is 4.19. The topological polar surface area (TPSA) is 60.2 Å². The quantitative estimate of drug-likeness (QED) is 0.641. The first-order valence-electron chi connectivity index (χ1n) is 5.00. The van der Waals surface area contributed by atoms with Crippen LogP contribution in [0.5, 0.6) is 0 Å². The molecule has 0 aliphatic carbocycles. The van der Waals surface area contributed by atoms with Gasteiger partial charge in [-0.3, -0.25) is 0 Å². The van der Waals surface area contributed by atoms with E-state index >= 15 is 0 Å². The van der Waals surface area contributed by atoms with Crippen molar-refractivity contribution in [1.82, 2.24) is 0 Å². The summed E-state index contributed by atoms with van der Waals surface area (Å²) in [7, 11) is -2.92. The Bertz CT molecular complexity index is 208. The van der Waals surface area contributed by atoms with E-state index in [9.17, 15) is 8.42 Å². The number of rotatable bonds is 7. The average molecular weight is 207 g/mol. The van der Waals surface area contributed by atoms with E-state index in [0.717, 1.165) is 19.3 Å². The van der Waals surface area contributed by atoms with Crippen molar-refractivity contribution >= 4 is 9.84 Å². The Morgan fingerprint density at radius 3 is 2.23 bits per heavy atom. The fraction of sp³-hybridized carbons (Fsp3) is 1.00. The van der Waals surface area contributed by atoms with Crippen LogP contribution in [0, 0.1) is 0 Å². The fourth-order valence-electron chi connectivity index (χ4n) is 1.29. The van der Waals surface area contributed by atoms with Crippen molar-refractivity contribution in [3.8, 4) is 0 Å². The standard InChI is InChI=1S/C9H21NO2S/c1-3-5-6-7-13(11,12)9(4-2)8-10/h9H,3-8,10H2,1-2H3. The number of sulfone groups is 1. The minimum atomic E-state index is -2.92. The molecule has 0 aliphatic heterocycles. The van der Waals surface area contributed by atoms with Gasteiger partial charge in [0.05, 0.1) is 11.0 Å². The van der Waals surface area contributed by atoms with Gasteiger partial charge in [-0.2, -0.15) is 0 Å². The van der Waals surface area contributed by atoms with Gasteiger partial charge >= 0.3 is 0 Å². The van der Waals surface area contributed by atoms with Crippen molar-refractivity contribution in [2.75, 3.05) is 12.3 Å². The first-order valence-corrected chi connectivity index (χ1v) is 6.71. The molecule has 0 rings (SSSR count). The van der Waals surface area contributed by atoms with Crippen LogP contribution in [0.1, 0.15) is 39.5 Å². The lowest BCUT2D eigenvalue weighted by Crippen LogP contribution is -2.30. The molecule has 0 saturated heterocycles. The van der Waals surface area contributed by atoms with E-state index in [-0.39, 0.29) is 11.8 Å². The number of nitrogens with two attached hydrogens (primary N) is 1. The summed E-state index contributed by atoms with van der Waals surface area (Å²) in [6, 6.07) is 0. The second-order valence-corrected chi connectivity index (χ2v) is 5.74. The molecular formula is C9H21NO2S. The molecule has 80 valence electrons. The molecule has 0 heterocycles. The van der Waals surface area contributed by atoms with Gasteiger partial charge in [-0.1, -0.05) is 26.7 Å². The molecule has 0 radical (unpaired) electrons. The van der Waals surface area contributed by atoms with Crippen LogP contribution in [0.3, 0.4) is 0 Å². The van der Waals surface area contributed by atoms with Gasteiger partial charge < -0.3 is 5.73 Å². The zero-order valence-electron chi connectivity index (χ0n) is 8.62. The Kier molecular flexibility index (Phi) is 6.33. The number of unbranched alkanes of at least 4 members (excludes halogenated alkanes) is 2. The van der Waals surface area contributed by atoms with Gasteiger partial charge in [-0.15, -0.1) is 0 Å². The van der Waals surface area contributed by atoms with Crippen LogP contribution in [-0.2, 0) is 9.84 Å². The van der Waals surface area contributed by atoms with Gasteiger partial charge in [0.15, 0.2) is 9.84 Å². The molecule has 4 heteroatoms. The molecule has 0 aromatic heterocycles. The maximum atomic E-state index is 11.6. The van der Waals surface area contributed by atoms with E-state index in [4.69, 9.17) is 5.73 Å². The minimum Gasteiger partial charge on any atom is -0.329 e. The Morgan fingerprint density at radius 2 is 1.85 bits per heavy atom. The zero-order valence-corrected chi connectivity index (χ0v) is 9.44. The Labute approximate surface area is 81.6 Å². The summed E-state index contributed by atoms with van der Waals surface area (Å²) in [4.78, 5) is 0. The van der Waals surface area contributed by atoms with Crippen molar-refractivity contribution in [3.05, 3.63) is 0 Å². The van der Waals surface area contributed by atoms with E-state index in [1.54, 1.807) is 0 Å². The van der Waals surface area contributed by atoms with Crippen molar-refractivity contribution in [3.63, 3.8) is 0 Å². The van der Waals surface area contributed by atoms with Crippen LogP contribution in [0.4, 0.5) is 0 Å². The summed E-state index contributed by atoms with van der Waals surface area (Å²) in [5, 5.41) is -0.329. The molecule has 0 bridgehead atoms. The largest absolute Gasteiger partial charge is 0.329 e.